The molecule has 0 bridgehead atoms. The first kappa shape index (κ1) is 19.9. The minimum absolute atomic E-state index is 0.0784. The number of carboxylic acid groups (broad SMARTS) is 1. The van der Waals surface area contributed by atoms with Gasteiger partial charge in [-0.1, -0.05) is 58.3 Å². The number of carbonyl (C=O) groups is 2. The van der Waals surface area contributed by atoms with Crippen LogP contribution in [0.15, 0.2) is 0 Å². The Labute approximate surface area is 129 Å². The van der Waals surface area contributed by atoms with Gasteiger partial charge in [-0.15, -0.1) is 0 Å². The zero-order valence-corrected chi connectivity index (χ0v) is 14.3. The fourth-order valence-corrected chi connectivity index (χ4v) is 2.21. The van der Waals surface area contributed by atoms with Gasteiger partial charge in [0.15, 0.2) is 0 Å². The van der Waals surface area contributed by atoms with E-state index in [0.717, 1.165) is 12.8 Å². The molecule has 0 spiro atoms. The van der Waals surface area contributed by atoms with E-state index in [1.165, 1.54) is 49.8 Å². The van der Waals surface area contributed by atoms with Gasteiger partial charge >= 0.3 is 5.97 Å². The molecule has 4 nitrogen and oxygen atoms in total. The van der Waals surface area contributed by atoms with Gasteiger partial charge in [0, 0.05) is 13.5 Å². The van der Waals surface area contributed by atoms with Gasteiger partial charge in [0.05, 0.1) is 0 Å². The number of hydrogen-bond donors (Lipinski definition) is 1. The molecule has 0 heterocycles. The van der Waals surface area contributed by atoms with Crippen LogP contribution in [0.3, 0.4) is 0 Å². The molecule has 21 heavy (non-hydrogen) atoms. The lowest BCUT2D eigenvalue weighted by atomic mass is 10.0. The molecule has 0 aliphatic heterocycles. The summed E-state index contributed by atoms with van der Waals surface area (Å²) >= 11 is 0. The first-order valence-electron chi connectivity index (χ1n) is 8.34. The zero-order chi connectivity index (χ0) is 16.3. The maximum absolute atomic E-state index is 12.0. The van der Waals surface area contributed by atoms with Gasteiger partial charge in [0.1, 0.15) is 5.54 Å². The lowest BCUT2D eigenvalue weighted by Crippen LogP contribution is -2.50. The van der Waals surface area contributed by atoms with E-state index in [-0.39, 0.29) is 5.91 Å². The molecule has 124 valence electrons. The van der Waals surface area contributed by atoms with Gasteiger partial charge in [0.25, 0.3) is 0 Å². The number of hydrogen-bond acceptors (Lipinski definition) is 2. The van der Waals surface area contributed by atoms with Gasteiger partial charge in [-0.3, -0.25) is 4.79 Å². The van der Waals surface area contributed by atoms with Crippen LogP contribution < -0.4 is 0 Å². The molecule has 4 heteroatoms. The molecule has 1 N–H and O–H groups in total. The highest BCUT2D eigenvalue weighted by Crippen LogP contribution is 2.16. The molecule has 0 aromatic heterocycles. The van der Waals surface area contributed by atoms with Crippen LogP contribution in [0.2, 0.25) is 0 Å². The summed E-state index contributed by atoms with van der Waals surface area (Å²) < 4.78 is 0. The van der Waals surface area contributed by atoms with Crippen molar-refractivity contribution in [2.24, 2.45) is 0 Å². The maximum Gasteiger partial charge on any atom is 0.329 e. The standard InChI is InChI=1S/C17H33NO3/c1-5-6-7-8-9-10-11-12-13-14-15(19)18(4)17(2,3)16(20)21/h5-14H2,1-4H3,(H,20,21). The molecule has 0 unspecified atom stereocenters. The van der Waals surface area contributed by atoms with Crippen LogP contribution in [-0.2, 0) is 9.59 Å². The van der Waals surface area contributed by atoms with Crippen molar-refractivity contribution in [1.82, 2.24) is 4.90 Å². The van der Waals surface area contributed by atoms with Gasteiger partial charge in [-0.05, 0) is 20.3 Å². The number of carbonyl (C=O) groups excluding carboxylic acids is 1. The molecule has 0 aromatic rings. The van der Waals surface area contributed by atoms with Crippen molar-refractivity contribution in [2.45, 2.75) is 90.5 Å². The van der Waals surface area contributed by atoms with Crippen LogP contribution in [0.1, 0.15) is 85.0 Å². The van der Waals surface area contributed by atoms with Crippen molar-refractivity contribution in [2.75, 3.05) is 7.05 Å². The number of aliphatic carboxylic acids is 1. The number of carboxylic acids is 1. The summed E-state index contributed by atoms with van der Waals surface area (Å²) in [6.07, 6.45) is 11.3. The lowest BCUT2D eigenvalue weighted by molar-refractivity contribution is -0.155. The predicted octanol–water partition coefficient (Wildman–Crippen LogP) is 4.23. The van der Waals surface area contributed by atoms with Crippen molar-refractivity contribution < 1.29 is 14.7 Å². The van der Waals surface area contributed by atoms with Crippen LogP contribution in [0.4, 0.5) is 0 Å². The number of nitrogens with zero attached hydrogens (tertiary/aromatic N) is 1. The molecular weight excluding hydrogens is 266 g/mol. The average Bonchev–Trinajstić information content (AvgIpc) is 2.44. The molecule has 0 atom stereocenters. The molecule has 0 aliphatic rings. The third-order valence-electron chi connectivity index (χ3n) is 4.23. The largest absolute Gasteiger partial charge is 0.480 e. The molecule has 0 aliphatic carbocycles. The topological polar surface area (TPSA) is 57.6 Å². The maximum atomic E-state index is 12.0. The second kappa shape index (κ2) is 10.6. The normalized spacial score (nSPS) is 11.4. The Hall–Kier alpha value is -1.06. The van der Waals surface area contributed by atoms with Crippen LogP contribution in [0.25, 0.3) is 0 Å². The van der Waals surface area contributed by atoms with Crippen molar-refractivity contribution >= 4 is 11.9 Å². The van der Waals surface area contributed by atoms with E-state index in [9.17, 15) is 9.59 Å². The van der Waals surface area contributed by atoms with Crippen molar-refractivity contribution in [1.29, 1.82) is 0 Å². The van der Waals surface area contributed by atoms with Crippen LogP contribution in [0.5, 0.6) is 0 Å². The first-order chi connectivity index (χ1) is 9.84. The van der Waals surface area contributed by atoms with E-state index >= 15 is 0 Å². The highest BCUT2D eigenvalue weighted by Gasteiger charge is 2.34. The van der Waals surface area contributed by atoms with Crippen LogP contribution in [0, 0.1) is 0 Å². The van der Waals surface area contributed by atoms with Gasteiger partial charge in [-0.25, -0.2) is 4.79 Å². The highest BCUT2D eigenvalue weighted by atomic mass is 16.4. The van der Waals surface area contributed by atoms with E-state index in [1.807, 2.05) is 0 Å². The summed E-state index contributed by atoms with van der Waals surface area (Å²) in [5.41, 5.74) is -1.13. The number of likely N-dealkylation sites (N-methyl/N-ethyl adjacent to an activating group) is 1. The number of rotatable bonds is 12. The Kier molecular flexibility index (Phi) is 10.1. The summed E-state index contributed by atoms with van der Waals surface area (Å²) in [6.45, 7) is 5.34. The Balaban J connectivity index is 3.69. The molecule has 1 amide bonds. The van der Waals surface area contributed by atoms with E-state index < -0.39 is 11.5 Å². The Morgan fingerprint density at radius 2 is 1.33 bits per heavy atom. The SMILES string of the molecule is CCCCCCCCCCCC(=O)N(C)C(C)(C)C(=O)O. The fraction of sp³-hybridized carbons (Fsp3) is 0.882. The molecular formula is C17H33NO3. The highest BCUT2D eigenvalue weighted by molar-refractivity contribution is 5.86. The third kappa shape index (κ3) is 8.08. The minimum atomic E-state index is -1.13. The third-order valence-corrected chi connectivity index (χ3v) is 4.23. The zero-order valence-electron chi connectivity index (χ0n) is 14.3. The molecule has 0 saturated carbocycles. The Morgan fingerprint density at radius 3 is 1.76 bits per heavy atom. The number of unbranched alkanes of at least 4 members (excludes halogenated alkanes) is 8. The van der Waals surface area contributed by atoms with Gasteiger partial charge in [0.2, 0.25) is 5.91 Å². The molecule has 0 fully saturated rings. The second-order valence-electron chi connectivity index (χ2n) is 6.40. The van der Waals surface area contributed by atoms with Crippen LogP contribution >= 0.6 is 0 Å². The van der Waals surface area contributed by atoms with Crippen molar-refractivity contribution in [3.63, 3.8) is 0 Å². The molecule has 0 rings (SSSR count). The van der Waals surface area contributed by atoms with E-state index in [4.69, 9.17) is 5.11 Å². The smallest absolute Gasteiger partial charge is 0.329 e. The molecule has 0 saturated heterocycles. The van der Waals surface area contributed by atoms with Crippen molar-refractivity contribution in [3.8, 4) is 0 Å². The van der Waals surface area contributed by atoms with Crippen LogP contribution in [-0.4, -0.2) is 34.5 Å². The lowest BCUT2D eigenvalue weighted by Gasteiger charge is -2.31. The number of amides is 1. The fourth-order valence-electron chi connectivity index (χ4n) is 2.21. The van der Waals surface area contributed by atoms with Crippen molar-refractivity contribution in [3.05, 3.63) is 0 Å². The molecule has 0 radical (unpaired) electrons. The summed E-state index contributed by atoms with van der Waals surface area (Å²) in [7, 11) is 1.57. The second-order valence-corrected chi connectivity index (χ2v) is 6.40. The van der Waals surface area contributed by atoms with Gasteiger partial charge < -0.3 is 10.0 Å². The summed E-state index contributed by atoms with van der Waals surface area (Å²) in [5, 5.41) is 9.10. The molecule has 0 aromatic carbocycles. The van der Waals surface area contributed by atoms with E-state index in [0.29, 0.717) is 6.42 Å². The minimum Gasteiger partial charge on any atom is -0.480 e. The summed E-state index contributed by atoms with van der Waals surface area (Å²) in [6, 6.07) is 0. The summed E-state index contributed by atoms with van der Waals surface area (Å²) in [5.74, 6) is -1.05. The monoisotopic (exact) mass is 299 g/mol. The average molecular weight is 299 g/mol. The van der Waals surface area contributed by atoms with Gasteiger partial charge in [-0.2, -0.15) is 0 Å². The Morgan fingerprint density at radius 1 is 0.905 bits per heavy atom. The predicted molar refractivity (Wildman–Crippen MR) is 86.3 cm³/mol. The first-order valence-corrected chi connectivity index (χ1v) is 8.34. The van der Waals surface area contributed by atoms with E-state index in [1.54, 1.807) is 20.9 Å². The Bertz CT molecular complexity index is 313. The quantitative estimate of drug-likeness (QED) is 0.549. The van der Waals surface area contributed by atoms with E-state index in [2.05, 4.69) is 6.92 Å². The summed E-state index contributed by atoms with van der Waals surface area (Å²) in [4.78, 5) is 24.4.